The lowest BCUT2D eigenvalue weighted by Crippen LogP contribution is -2.26. The second-order valence-electron chi connectivity index (χ2n) is 6.80. The van der Waals surface area contributed by atoms with Crippen LogP contribution in [0.3, 0.4) is 0 Å². The van der Waals surface area contributed by atoms with E-state index in [1.165, 1.54) is 17.3 Å². The van der Waals surface area contributed by atoms with Gasteiger partial charge in [0.1, 0.15) is 0 Å². The van der Waals surface area contributed by atoms with Crippen LogP contribution in [0.5, 0.6) is 0 Å². The summed E-state index contributed by atoms with van der Waals surface area (Å²) >= 11 is 1.52. The van der Waals surface area contributed by atoms with Crippen molar-refractivity contribution in [2.24, 2.45) is 5.10 Å². The number of thioether (sulfide) groups is 1. The lowest BCUT2D eigenvalue weighted by atomic mass is 10.2. The molecule has 0 radical (unpaired) electrons. The maximum atomic E-state index is 12.3. The average molecular weight is 392 g/mol. The summed E-state index contributed by atoms with van der Waals surface area (Å²) in [6.07, 6.45) is 1.71. The van der Waals surface area contributed by atoms with Crippen LogP contribution in [0.25, 0.3) is 5.69 Å². The molecule has 1 N–H and O–H groups in total. The van der Waals surface area contributed by atoms with Crippen molar-refractivity contribution >= 4 is 23.9 Å². The summed E-state index contributed by atoms with van der Waals surface area (Å²) in [6.45, 7) is 8.06. The SMILES string of the molecule is Cc1ccc(S[C@H](C)C(=O)N/N=C\c2cc(C)n(-c3ccccc3)c2C)cc1. The number of carbonyl (C=O) groups excluding carboxylic acids is 1. The van der Waals surface area contributed by atoms with E-state index in [9.17, 15) is 4.79 Å². The zero-order chi connectivity index (χ0) is 20.1. The van der Waals surface area contributed by atoms with E-state index in [4.69, 9.17) is 0 Å². The number of nitrogens with one attached hydrogen (secondary N) is 1. The van der Waals surface area contributed by atoms with E-state index in [0.717, 1.165) is 27.5 Å². The van der Waals surface area contributed by atoms with Gasteiger partial charge in [-0.3, -0.25) is 4.79 Å². The van der Waals surface area contributed by atoms with E-state index in [1.807, 2.05) is 56.3 Å². The van der Waals surface area contributed by atoms with Crippen molar-refractivity contribution in [1.29, 1.82) is 0 Å². The van der Waals surface area contributed by atoms with Gasteiger partial charge in [0.25, 0.3) is 5.91 Å². The van der Waals surface area contributed by atoms with Crippen LogP contribution < -0.4 is 5.43 Å². The van der Waals surface area contributed by atoms with Crippen molar-refractivity contribution in [1.82, 2.24) is 9.99 Å². The van der Waals surface area contributed by atoms with E-state index in [2.05, 4.69) is 47.1 Å². The topological polar surface area (TPSA) is 46.4 Å². The monoisotopic (exact) mass is 391 g/mol. The Bertz CT molecular complexity index is 975. The molecule has 0 aliphatic carbocycles. The first kappa shape index (κ1) is 20.0. The Morgan fingerprint density at radius 1 is 1.07 bits per heavy atom. The zero-order valence-electron chi connectivity index (χ0n) is 16.6. The highest BCUT2D eigenvalue weighted by Gasteiger charge is 2.14. The number of aromatic nitrogens is 1. The van der Waals surface area contributed by atoms with Gasteiger partial charge in [-0.2, -0.15) is 5.10 Å². The molecule has 0 bridgehead atoms. The number of benzene rings is 2. The van der Waals surface area contributed by atoms with Crippen LogP contribution in [0.1, 0.15) is 29.4 Å². The molecule has 0 fully saturated rings. The van der Waals surface area contributed by atoms with E-state index >= 15 is 0 Å². The summed E-state index contributed by atoms with van der Waals surface area (Å²) in [6, 6.07) is 20.4. The van der Waals surface area contributed by atoms with E-state index < -0.39 is 0 Å². The molecule has 0 saturated carbocycles. The molecule has 4 nitrogen and oxygen atoms in total. The van der Waals surface area contributed by atoms with Crippen LogP contribution in [-0.4, -0.2) is 21.9 Å². The molecule has 2 aromatic carbocycles. The standard InChI is InChI=1S/C23H25N3OS/c1-16-10-12-22(13-11-16)28-19(4)23(27)25-24-15-20-14-17(2)26(18(20)3)21-8-6-5-7-9-21/h5-15,19H,1-4H3,(H,25,27)/b24-15-/t19-/m1/s1. The van der Waals surface area contributed by atoms with Crippen molar-refractivity contribution in [3.05, 3.63) is 83.2 Å². The molecule has 0 spiro atoms. The van der Waals surface area contributed by atoms with E-state index in [0.29, 0.717) is 0 Å². The number of hydrogen-bond donors (Lipinski definition) is 1. The lowest BCUT2D eigenvalue weighted by Gasteiger charge is -2.10. The minimum atomic E-state index is -0.225. The lowest BCUT2D eigenvalue weighted by molar-refractivity contribution is -0.120. The Morgan fingerprint density at radius 3 is 2.43 bits per heavy atom. The smallest absolute Gasteiger partial charge is 0.253 e. The molecule has 5 heteroatoms. The van der Waals surface area contributed by atoms with Gasteiger partial charge in [0.15, 0.2) is 0 Å². The summed E-state index contributed by atoms with van der Waals surface area (Å²) < 4.78 is 2.18. The number of para-hydroxylation sites is 1. The third-order valence-corrected chi connectivity index (χ3v) is 5.68. The first-order valence-electron chi connectivity index (χ1n) is 9.26. The highest BCUT2D eigenvalue weighted by Crippen LogP contribution is 2.23. The molecule has 0 unspecified atom stereocenters. The number of nitrogens with zero attached hydrogens (tertiary/aromatic N) is 2. The molecule has 1 aromatic heterocycles. The third kappa shape index (κ3) is 4.73. The van der Waals surface area contributed by atoms with Crippen LogP contribution in [-0.2, 0) is 4.79 Å². The minimum absolute atomic E-state index is 0.112. The fourth-order valence-corrected chi connectivity index (χ4v) is 3.88. The molecule has 1 atom stereocenters. The van der Waals surface area contributed by atoms with Crippen molar-refractivity contribution in [3.63, 3.8) is 0 Å². The molecule has 0 aliphatic heterocycles. The number of hydrogen-bond acceptors (Lipinski definition) is 3. The Morgan fingerprint density at radius 2 is 1.75 bits per heavy atom. The molecule has 0 aliphatic rings. The summed E-state index contributed by atoms with van der Waals surface area (Å²) in [7, 11) is 0. The van der Waals surface area contributed by atoms with Gasteiger partial charge in [-0.1, -0.05) is 35.9 Å². The quantitative estimate of drug-likeness (QED) is 0.364. The summed E-state index contributed by atoms with van der Waals surface area (Å²) in [4.78, 5) is 13.4. The normalized spacial score (nSPS) is 12.3. The maximum absolute atomic E-state index is 12.3. The van der Waals surface area contributed by atoms with E-state index in [-0.39, 0.29) is 11.2 Å². The number of rotatable bonds is 6. The molecule has 144 valence electrons. The second-order valence-corrected chi connectivity index (χ2v) is 8.22. The van der Waals surface area contributed by atoms with Crippen molar-refractivity contribution < 1.29 is 4.79 Å². The maximum Gasteiger partial charge on any atom is 0.253 e. The molecule has 0 saturated heterocycles. The summed E-state index contributed by atoms with van der Waals surface area (Å²) in [5.41, 5.74) is 8.18. The molecular weight excluding hydrogens is 366 g/mol. The highest BCUT2D eigenvalue weighted by molar-refractivity contribution is 8.00. The molecule has 3 aromatic rings. The first-order valence-corrected chi connectivity index (χ1v) is 10.1. The number of aryl methyl sites for hydroxylation is 2. The van der Waals surface area contributed by atoms with Gasteiger partial charge in [0.2, 0.25) is 0 Å². The number of amides is 1. The molecule has 1 heterocycles. The molecular formula is C23H25N3OS. The van der Waals surface area contributed by atoms with Gasteiger partial charge in [-0.15, -0.1) is 11.8 Å². The third-order valence-electron chi connectivity index (χ3n) is 4.57. The van der Waals surface area contributed by atoms with Gasteiger partial charge < -0.3 is 4.57 Å². The zero-order valence-corrected chi connectivity index (χ0v) is 17.5. The van der Waals surface area contributed by atoms with Gasteiger partial charge in [0, 0.05) is 27.5 Å². The molecule has 1 amide bonds. The van der Waals surface area contributed by atoms with Crippen molar-refractivity contribution in [2.75, 3.05) is 0 Å². The summed E-state index contributed by atoms with van der Waals surface area (Å²) in [5, 5.41) is 3.95. The number of hydrazone groups is 1. The Labute approximate surface area is 170 Å². The minimum Gasteiger partial charge on any atom is -0.318 e. The molecule has 28 heavy (non-hydrogen) atoms. The van der Waals surface area contributed by atoms with Crippen LogP contribution in [0.2, 0.25) is 0 Å². The number of carbonyl (C=O) groups is 1. The van der Waals surface area contributed by atoms with Gasteiger partial charge in [-0.25, -0.2) is 5.43 Å². The van der Waals surface area contributed by atoms with Gasteiger partial charge in [-0.05, 0) is 58.0 Å². The fourth-order valence-electron chi connectivity index (χ4n) is 3.02. The Hall–Kier alpha value is -2.79. The Kier molecular flexibility index (Phi) is 6.37. The first-order chi connectivity index (χ1) is 13.5. The van der Waals surface area contributed by atoms with Gasteiger partial charge in [0.05, 0.1) is 11.5 Å². The van der Waals surface area contributed by atoms with Gasteiger partial charge >= 0.3 is 0 Å². The van der Waals surface area contributed by atoms with E-state index in [1.54, 1.807) is 6.21 Å². The predicted octanol–water partition coefficient (Wildman–Crippen LogP) is 5.03. The van der Waals surface area contributed by atoms with Crippen LogP contribution in [0.4, 0.5) is 0 Å². The van der Waals surface area contributed by atoms with Crippen LogP contribution in [0.15, 0.2) is 70.7 Å². The van der Waals surface area contributed by atoms with Crippen LogP contribution >= 0.6 is 11.8 Å². The summed E-state index contributed by atoms with van der Waals surface area (Å²) in [5.74, 6) is -0.112. The van der Waals surface area contributed by atoms with Crippen molar-refractivity contribution in [3.8, 4) is 5.69 Å². The predicted molar refractivity (Wildman–Crippen MR) is 117 cm³/mol. The highest BCUT2D eigenvalue weighted by atomic mass is 32.2. The molecule has 3 rings (SSSR count). The average Bonchev–Trinajstić information content (AvgIpc) is 2.97. The second kappa shape index (κ2) is 8.93. The van der Waals surface area contributed by atoms with Crippen molar-refractivity contribution in [2.45, 2.75) is 37.8 Å². The Balaban J connectivity index is 1.64. The largest absolute Gasteiger partial charge is 0.318 e. The fraction of sp³-hybridized carbons (Fsp3) is 0.217. The van der Waals surface area contributed by atoms with Crippen LogP contribution in [0, 0.1) is 20.8 Å².